The van der Waals surface area contributed by atoms with E-state index >= 15 is 0 Å². The van der Waals surface area contributed by atoms with E-state index in [1.807, 2.05) is 19.9 Å². The van der Waals surface area contributed by atoms with Gasteiger partial charge >= 0.3 is 0 Å². The van der Waals surface area contributed by atoms with Crippen molar-refractivity contribution in [2.24, 2.45) is 5.92 Å². The zero-order chi connectivity index (χ0) is 18.1. The van der Waals surface area contributed by atoms with E-state index in [1.54, 1.807) is 0 Å². The molecule has 0 aliphatic carbocycles. The van der Waals surface area contributed by atoms with Gasteiger partial charge in [-0.15, -0.1) is 0 Å². The summed E-state index contributed by atoms with van der Waals surface area (Å²) in [5.41, 5.74) is 3.06. The number of aliphatic hydroxyl groups is 1. The van der Waals surface area contributed by atoms with Crippen molar-refractivity contribution in [2.45, 2.75) is 45.6 Å². The number of aromatic amines is 1. The minimum Gasteiger partial charge on any atom is -0.391 e. The number of β-amino-alcohol motifs (C(OH)–C–C–N with tert-alkyl or cyclic N) is 1. The van der Waals surface area contributed by atoms with Crippen molar-refractivity contribution in [3.8, 4) is 0 Å². The third-order valence-electron chi connectivity index (χ3n) is 5.43. The van der Waals surface area contributed by atoms with E-state index in [0.29, 0.717) is 6.54 Å². The first-order valence-corrected chi connectivity index (χ1v) is 9.63. The fraction of sp³-hybridized carbons (Fsp3) is 0.632. The van der Waals surface area contributed by atoms with Crippen LogP contribution in [0, 0.1) is 19.8 Å². The van der Waals surface area contributed by atoms with Gasteiger partial charge in [0.05, 0.1) is 11.8 Å². The minimum atomic E-state index is -0.360. The molecule has 2 aromatic heterocycles. The van der Waals surface area contributed by atoms with E-state index < -0.39 is 0 Å². The number of hydrogen-bond donors (Lipinski definition) is 2. The Hall–Kier alpha value is -2.15. The second-order valence-electron chi connectivity index (χ2n) is 7.69. The van der Waals surface area contributed by atoms with Crippen molar-refractivity contribution in [3.05, 3.63) is 29.2 Å². The molecule has 2 aliphatic heterocycles. The van der Waals surface area contributed by atoms with Crippen LogP contribution in [0.1, 0.15) is 36.3 Å². The predicted octanol–water partition coefficient (Wildman–Crippen LogP) is 1.85. The monoisotopic (exact) mass is 356 g/mol. The topological polar surface area (TPSA) is 81.2 Å². The number of anilines is 2. The lowest BCUT2D eigenvalue weighted by Crippen LogP contribution is -2.32. The SMILES string of the molecule is Cc1cc(N2C[C@@H](Cc3cc(C)[nH]n3)[C@H](O)C2)nc(N2CCCCC2)n1. The summed E-state index contributed by atoms with van der Waals surface area (Å²) in [6.45, 7) is 7.50. The van der Waals surface area contributed by atoms with Crippen molar-refractivity contribution in [1.29, 1.82) is 0 Å². The van der Waals surface area contributed by atoms with Crippen LogP contribution in [0.4, 0.5) is 11.8 Å². The highest BCUT2D eigenvalue weighted by Gasteiger charge is 2.33. The Morgan fingerprint density at radius 1 is 1.08 bits per heavy atom. The van der Waals surface area contributed by atoms with Crippen LogP contribution in [0.5, 0.6) is 0 Å². The number of rotatable bonds is 4. The highest BCUT2D eigenvalue weighted by molar-refractivity contribution is 5.47. The van der Waals surface area contributed by atoms with Gasteiger partial charge in [-0.05, 0) is 45.6 Å². The molecule has 7 nitrogen and oxygen atoms in total. The van der Waals surface area contributed by atoms with Gasteiger partial charge in [-0.3, -0.25) is 5.10 Å². The van der Waals surface area contributed by atoms with Crippen LogP contribution in [0.2, 0.25) is 0 Å². The van der Waals surface area contributed by atoms with Crippen LogP contribution >= 0.6 is 0 Å². The molecule has 2 saturated heterocycles. The molecule has 0 radical (unpaired) electrons. The first-order valence-electron chi connectivity index (χ1n) is 9.63. The van der Waals surface area contributed by atoms with Gasteiger partial charge in [-0.25, -0.2) is 4.98 Å². The summed E-state index contributed by atoms with van der Waals surface area (Å²) < 4.78 is 0. The van der Waals surface area contributed by atoms with E-state index in [0.717, 1.165) is 54.9 Å². The van der Waals surface area contributed by atoms with Gasteiger partial charge in [0, 0.05) is 49.6 Å². The molecule has 0 bridgehead atoms. The molecule has 0 amide bonds. The highest BCUT2D eigenvalue weighted by atomic mass is 16.3. The largest absolute Gasteiger partial charge is 0.391 e. The van der Waals surface area contributed by atoms with Crippen LogP contribution in [-0.2, 0) is 6.42 Å². The van der Waals surface area contributed by atoms with Crippen molar-refractivity contribution < 1.29 is 5.11 Å². The van der Waals surface area contributed by atoms with Gasteiger partial charge in [0.25, 0.3) is 0 Å². The van der Waals surface area contributed by atoms with E-state index in [1.165, 1.54) is 19.3 Å². The summed E-state index contributed by atoms with van der Waals surface area (Å²) in [6, 6.07) is 4.08. The average molecular weight is 356 g/mol. The fourth-order valence-electron chi connectivity index (χ4n) is 4.02. The van der Waals surface area contributed by atoms with Gasteiger partial charge < -0.3 is 14.9 Å². The van der Waals surface area contributed by atoms with Crippen LogP contribution in [-0.4, -0.2) is 57.6 Å². The number of H-pyrrole nitrogens is 1. The molecule has 4 rings (SSSR count). The van der Waals surface area contributed by atoms with Gasteiger partial charge in [0.1, 0.15) is 5.82 Å². The van der Waals surface area contributed by atoms with Crippen LogP contribution in [0.3, 0.4) is 0 Å². The average Bonchev–Trinajstić information content (AvgIpc) is 3.21. The number of nitrogens with zero attached hydrogens (tertiary/aromatic N) is 5. The smallest absolute Gasteiger partial charge is 0.227 e. The Morgan fingerprint density at radius 2 is 1.88 bits per heavy atom. The molecular weight excluding hydrogens is 328 g/mol. The number of aryl methyl sites for hydroxylation is 2. The first-order chi connectivity index (χ1) is 12.6. The van der Waals surface area contributed by atoms with Crippen molar-refractivity contribution >= 4 is 11.8 Å². The Balaban J connectivity index is 1.49. The number of piperidine rings is 1. The summed E-state index contributed by atoms with van der Waals surface area (Å²) in [5, 5.41) is 17.8. The molecule has 2 fully saturated rings. The third kappa shape index (κ3) is 3.67. The zero-order valence-electron chi connectivity index (χ0n) is 15.6. The molecule has 2 N–H and O–H groups in total. The summed E-state index contributed by atoms with van der Waals surface area (Å²) >= 11 is 0. The molecule has 4 heterocycles. The Morgan fingerprint density at radius 3 is 2.62 bits per heavy atom. The maximum Gasteiger partial charge on any atom is 0.227 e. The fourth-order valence-corrected chi connectivity index (χ4v) is 4.02. The van der Waals surface area contributed by atoms with E-state index in [-0.39, 0.29) is 12.0 Å². The second-order valence-corrected chi connectivity index (χ2v) is 7.69. The number of aromatic nitrogens is 4. The molecule has 2 aromatic rings. The standard InChI is InChI=1S/C19H28N6O/c1-13-9-18(21-19(20-13)24-6-4-3-5-7-24)25-11-15(17(26)12-25)10-16-8-14(2)22-23-16/h8-9,15,17,26H,3-7,10-12H2,1-2H3,(H,22,23)/t15-,17-/m1/s1. The Kier molecular flexibility index (Phi) is 4.80. The first kappa shape index (κ1) is 17.3. The lowest BCUT2D eigenvalue weighted by molar-refractivity contribution is 0.148. The molecule has 26 heavy (non-hydrogen) atoms. The van der Waals surface area contributed by atoms with Crippen LogP contribution < -0.4 is 9.80 Å². The lowest BCUT2D eigenvalue weighted by atomic mass is 10.0. The molecular formula is C19H28N6O. The predicted molar refractivity (Wildman–Crippen MR) is 102 cm³/mol. The Bertz CT molecular complexity index is 754. The van der Waals surface area contributed by atoms with Crippen molar-refractivity contribution in [2.75, 3.05) is 36.0 Å². The maximum atomic E-state index is 10.5. The normalized spacial score (nSPS) is 23.7. The van der Waals surface area contributed by atoms with Gasteiger partial charge in [0.15, 0.2) is 0 Å². The van der Waals surface area contributed by atoms with Gasteiger partial charge in [0.2, 0.25) is 5.95 Å². The molecule has 2 aliphatic rings. The van der Waals surface area contributed by atoms with Crippen molar-refractivity contribution in [3.63, 3.8) is 0 Å². The molecule has 0 unspecified atom stereocenters. The maximum absolute atomic E-state index is 10.5. The van der Waals surface area contributed by atoms with Gasteiger partial charge in [-0.1, -0.05) is 0 Å². The zero-order valence-corrected chi connectivity index (χ0v) is 15.6. The Labute approximate surface area is 154 Å². The second kappa shape index (κ2) is 7.23. The molecule has 140 valence electrons. The third-order valence-corrected chi connectivity index (χ3v) is 5.43. The van der Waals surface area contributed by atoms with Gasteiger partial charge in [-0.2, -0.15) is 10.1 Å². The lowest BCUT2D eigenvalue weighted by Gasteiger charge is -2.28. The summed E-state index contributed by atoms with van der Waals surface area (Å²) in [5.74, 6) is 1.94. The summed E-state index contributed by atoms with van der Waals surface area (Å²) in [7, 11) is 0. The van der Waals surface area contributed by atoms with Crippen LogP contribution in [0.25, 0.3) is 0 Å². The number of hydrogen-bond acceptors (Lipinski definition) is 6. The molecule has 0 saturated carbocycles. The number of aliphatic hydroxyl groups excluding tert-OH is 1. The summed E-state index contributed by atoms with van der Waals surface area (Å²) in [4.78, 5) is 14.0. The molecule has 7 heteroatoms. The van der Waals surface area contributed by atoms with Crippen molar-refractivity contribution in [1.82, 2.24) is 20.2 Å². The highest BCUT2D eigenvalue weighted by Crippen LogP contribution is 2.27. The van der Waals surface area contributed by atoms with E-state index in [2.05, 4.69) is 31.0 Å². The minimum absolute atomic E-state index is 0.173. The van der Waals surface area contributed by atoms with E-state index in [9.17, 15) is 5.11 Å². The molecule has 0 aromatic carbocycles. The molecule has 0 spiro atoms. The van der Waals surface area contributed by atoms with E-state index in [4.69, 9.17) is 4.98 Å². The van der Waals surface area contributed by atoms with Crippen LogP contribution in [0.15, 0.2) is 12.1 Å². The molecule has 2 atom stereocenters. The summed E-state index contributed by atoms with van der Waals surface area (Å²) in [6.07, 6.45) is 4.13. The quantitative estimate of drug-likeness (QED) is 0.870. The number of nitrogens with one attached hydrogen (secondary N) is 1.